The van der Waals surface area contributed by atoms with Crippen LogP contribution in [-0.4, -0.2) is 41.8 Å². The second-order valence-electron chi connectivity index (χ2n) is 8.15. The molecule has 0 fully saturated rings. The number of unbranched alkanes of at least 4 members (excludes halogenated alkanes) is 15. The molecule has 0 aliphatic rings. The molecule has 0 amide bonds. The maximum Gasteiger partial charge on any atom is 0.303 e. The average molecular weight is 425 g/mol. The molecule has 0 heterocycles. The molecule has 2 N–H and O–H groups in total. The van der Waals surface area contributed by atoms with Crippen LogP contribution in [-0.2, 0) is 0 Å². The van der Waals surface area contributed by atoms with E-state index in [0.29, 0.717) is 4.48 Å². The molecule has 0 aromatic rings. The SMILES string of the molecule is CCCCCCCCCCCCCCCCCC[N+](C)(C)C(O)O.[Br-]. The second-order valence-corrected chi connectivity index (χ2v) is 8.15. The monoisotopic (exact) mass is 423 g/mol. The third-order valence-electron chi connectivity index (χ3n) is 5.21. The van der Waals surface area contributed by atoms with Gasteiger partial charge in [-0.1, -0.05) is 96.8 Å². The number of halogens is 1. The van der Waals surface area contributed by atoms with E-state index in [9.17, 15) is 10.2 Å². The van der Waals surface area contributed by atoms with Crippen LogP contribution in [0, 0.1) is 0 Å². The summed E-state index contributed by atoms with van der Waals surface area (Å²) in [6.45, 7) is 3.12. The largest absolute Gasteiger partial charge is 1.00 e. The van der Waals surface area contributed by atoms with Crippen LogP contribution in [0.1, 0.15) is 110 Å². The lowest BCUT2D eigenvalue weighted by atomic mass is 10.0. The Labute approximate surface area is 168 Å². The summed E-state index contributed by atoms with van der Waals surface area (Å²) in [4.78, 5) is 0. The molecule has 0 bridgehead atoms. The van der Waals surface area contributed by atoms with Crippen molar-refractivity contribution in [3.05, 3.63) is 0 Å². The lowest BCUT2D eigenvalue weighted by molar-refractivity contribution is -0.960. The Kier molecular flexibility index (Phi) is 21.1. The zero-order valence-electron chi connectivity index (χ0n) is 17.3. The van der Waals surface area contributed by atoms with E-state index >= 15 is 0 Å². The van der Waals surface area contributed by atoms with Crippen LogP contribution in [0.2, 0.25) is 0 Å². The van der Waals surface area contributed by atoms with Gasteiger partial charge in [-0.25, -0.2) is 0 Å². The van der Waals surface area contributed by atoms with Gasteiger partial charge in [-0.15, -0.1) is 0 Å². The molecule has 0 radical (unpaired) electrons. The van der Waals surface area contributed by atoms with Crippen molar-refractivity contribution < 1.29 is 31.7 Å². The standard InChI is InChI=1S/C21H46NO2.BrH/c1-4-5-6-7-8-9-10-11-12-13-14-15-16-17-18-19-20-22(2,3)21(23)24;/h21,23-24H,4-20H2,1-3H3;1H/q+1;/p-1. The summed E-state index contributed by atoms with van der Waals surface area (Å²) in [7, 11) is 3.74. The van der Waals surface area contributed by atoms with Crippen molar-refractivity contribution >= 4 is 0 Å². The van der Waals surface area contributed by atoms with Gasteiger partial charge < -0.3 is 27.2 Å². The van der Waals surface area contributed by atoms with Gasteiger partial charge >= 0.3 is 6.41 Å². The molecule has 3 nitrogen and oxygen atoms in total. The predicted molar refractivity (Wildman–Crippen MR) is 105 cm³/mol. The van der Waals surface area contributed by atoms with Crippen LogP contribution < -0.4 is 17.0 Å². The van der Waals surface area contributed by atoms with Gasteiger partial charge in [-0.2, -0.15) is 0 Å². The van der Waals surface area contributed by atoms with E-state index < -0.39 is 6.41 Å². The van der Waals surface area contributed by atoms with Crippen molar-refractivity contribution in [3.8, 4) is 0 Å². The van der Waals surface area contributed by atoms with Gasteiger partial charge in [0.25, 0.3) is 0 Å². The summed E-state index contributed by atoms with van der Waals surface area (Å²) >= 11 is 0. The fourth-order valence-corrected chi connectivity index (χ4v) is 3.18. The average Bonchev–Trinajstić information content (AvgIpc) is 2.54. The highest BCUT2D eigenvalue weighted by Gasteiger charge is 2.22. The molecular formula is C21H46BrNO2. The quantitative estimate of drug-likeness (QED) is 0.202. The van der Waals surface area contributed by atoms with Crippen LogP contribution >= 0.6 is 0 Å². The lowest BCUT2D eigenvalue weighted by Gasteiger charge is -2.30. The molecule has 0 rings (SSSR count). The smallest absolute Gasteiger partial charge is 0.303 e. The number of quaternary nitrogens is 1. The van der Waals surface area contributed by atoms with Gasteiger partial charge in [-0.3, -0.25) is 4.48 Å². The van der Waals surface area contributed by atoms with E-state index in [0.717, 1.165) is 13.0 Å². The second kappa shape index (κ2) is 19.1. The number of hydrogen-bond acceptors (Lipinski definition) is 2. The predicted octanol–water partition coefficient (Wildman–Crippen LogP) is 2.60. The Balaban J connectivity index is 0. The highest BCUT2D eigenvalue weighted by atomic mass is 79.9. The first-order valence-corrected chi connectivity index (χ1v) is 10.7. The Morgan fingerprint density at radius 1 is 0.560 bits per heavy atom. The van der Waals surface area contributed by atoms with Crippen molar-refractivity contribution in [1.29, 1.82) is 0 Å². The van der Waals surface area contributed by atoms with Gasteiger partial charge in [0, 0.05) is 0 Å². The highest BCUT2D eigenvalue weighted by molar-refractivity contribution is 4.50. The van der Waals surface area contributed by atoms with E-state index in [1.54, 1.807) is 0 Å². The molecule has 0 atom stereocenters. The minimum atomic E-state index is -1.25. The van der Waals surface area contributed by atoms with Gasteiger partial charge in [0.2, 0.25) is 0 Å². The number of aliphatic hydroxyl groups excluding tert-OH is 1. The Hall–Kier alpha value is 0.360. The van der Waals surface area contributed by atoms with Crippen molar-refractivity contribution in [1.82, 2.24) is 0 Å². The van der Waals surface area contributed by atoms with E-state index in [-0.39, 0.29) is 17.0 Å². The summed E-state index contributed by atoms with van der Waals surface area (Å²) in [6, 6.07) is 0. The maximum atomic E-state index is 9.23. The van der Waals surface area contributed by atoms with Crippen LogP contribution in [0.4, 0.5) is 0 Å². The fraction of sp³-hybridized carbons (Fsp3) is 1.00. The third-order valence-corrected chi connectivity index (χ3v) is 5.21. The van der Waals surface area contributed by atoms with E-state index in [2.05, 4.69) is 6.92 Å². The van der Waals surface area contributed by atoms with Gasteiger partial charge in [-0.05, 0) is 12.8 Å². The molecular weight excluding hydrogens is 378 g/mol. The third kappa shape index (κ3) is 18.9. The topological polar surface area (TPSA) is 40.5 Å². The van der Waals surface area contributed by atoms with Gasteiger partial charge in [0.05, 0.1) is 20.6 Å². The molecule has 0 saturated carbocycles. The number of hydrogen-bond donors (Lipinski definition) is 2. The van der Waals surface area contributed by atoms with Crippen LogP contribution in [0.25, 0.3) is 0 Å². The number of rotatable bonds is 18. The lowest BCUT2D eigenvalue weighted by Crippen LogP contribution is -3.00. The Bertz CT molecular complexity index is 260. The molecule has 154 valence electrons. The van der Waals surface area contributed by atoms with Gasteiger partial charge in [0.15, 0.2) is 0 Å². The first-order valence-electron chi connectivity index (χ1n) is 10.7. The molecule has 0 aromatic heterocycles. The molecule has 0 aromatic carbocycles. The van der Waals surface area contributed by atoms with Crippen molar-refractivity contribution in [2.24, 2.45) is 0 Å². The normalized spacial score (nSPS) is 11.8. The van der Waals surface area contributed by atoms with E-state index in [1.807, 2.05) is 14.1 Å². The molecule has 0 spiro atoms. The minimum absolute atomic E-state index is 0. The maximum absolute atomic E-state index is 9.23. The van der Waals surface area contributed by atoms with Crippen molar-refractivity contribution in [2.45, 2.75) is 116 Å². The molecule has 4 heteroatoms. The van der Waals surface area contributed by atoms with Gasteiger partial charge in [0.1, 0.15) is 0 Å². The van der Waals surface area contributed by atoms with Crippen molar-refractivity contribution in [2.75, 3.05) is 20.6 Å². The van der Waals surface area contributed by atoms with E-state index in [4.69, 9.17) is 0 Å². The molecule has 0 saturated heterocycles. The first-order chi connectivity index (χ1) is 11.5. The van der Waals surface area contributed by atoms with Crippen LogP contribution in [0.3, 0.4) is 0 Å². The summed E-state index contributed by atoms with van der Waals surface area (Å²) < 4.78 is 0.290. The minimum Gasteiger partial charge on any atom is -1.00 e. The van der Waals surface area contributed by atoms with Crippen molar-refractivity contribution in [3.63, 3.8) is 0 Å². The van der Waals surface area contributed by atoms with Crippen LogP contribution in [0.5, 0.6) is 0 Å². The fourth-order valence-electron chi connectivity index (χ4n) is 3.18. The molecule has 25 heavy (non-hydrogen) atoms. The van der Waals surface area contributed by atoms with Crippen LogP contribution in [0.15, 0.2) is 0 Å². The molecule has 0 aliphatic carbocycles. The summed E-state index contributed by atoms with van der Waals surface area (Å²) in [6.07, 6.45) is 20.7. The highest BCUT2D eigenvalue weighted by Crippen LogP contribution is 2.14. The molecule has 0 unspecified atom stereocenters. The Morgan fingerprint density at radius 3 is 1.12 bits per heavy atom. The number of aliphatic hydroxyl groups is 2. The molecule has 0 aliphatic heterocycles. The summed E-state index contributed by atoms with van der Waals surface area (Å²) in [5, 5.41) is 18.5. The zero-order valence-corrected chi connectivity index (χ0v) is 18.9. The first kappa shape index (κ1) is 27.6. The number of nitrogens with zero attached hydrogens (tertiary/aromatic N) is 1. The zero-order chi connectivity index (χ0) is 18.1. The summed E-state index contributed by atoms with van der Waals surface area (Å²) in [5.41, 5.74) is 0. The Morgan fingerprint density at radius 2 is 0.840 bits per heavy atom. The summed E-state index contributed by atoms with van der Waals surface area (Å²) in [5.74, 6) is 0. The van der Waals surface area contributed by atoms with E-state index in [1.165, 1.54) is 96.3 Å².